The predicted octanol–water partition coefficient (Wildman–Crippen LogP) is 1.99. The van der Waals surface area contributed by atoms with Crippen LogP contribution in [0.1, 0.15) is 21.6 Å². The lowest BCUT2D eigenvalue weighted by atomic mass is 10.1. The fourth-order valence-corrected chi connectivity index (χ4v) is 1.67. The van der Waals surface area contributed by atoms with Crippen molar-refractivity contribution >= 4 is 11.6 Å². The third kappa shape index (κ3) is 2.34. The number of carbonyl (C=O) groups is 1. The highest BCUT2D eigenvalue weighted by atomic mass is 16.3. The monoisotopic (exact) mass is 245 g/mol. The molecule has 5 nitrogen and oxygen atoms in total. The van der Waals surface area contributed by atoms with Crippen molar-refractivity contribution in [1.29, 1.82) is 0 Å². The Hall–Kier alpha value is -2.30. The van der Waals surface area contributed by atoms with Gasteiger partial charge in [0.05, 0.1) is 11.4 Å². The number of amides is 1. The van der Waals surface area contributed by atoms with E-state index in [1.807, 2.05) is 6.92 Å². The number of phenols is 1. The molecular formula is C13H15N3O2. The zero-order valence-electron chi connectivity index (χ0n) is 10.6. The van der Waals surface area contributed by atoms with Gasteiger partial charge in [0.25, 0.3) is 5.91 Å². The van der Waals surface area contributed by atoms with E-state index in [0.29, 0.717) is 11.3 Å². The molecule has 0 saturated carbocycles. The Labute approximate surface area is 105 Å². The third-order valence-corrected chi connectivity index (χ3v) is 2.73. The molecule has 0 unspecified atom stereocenters. The minimum absolute atomic E-state index is 0.116. The van der Waals surface area contributed by atoms with Crippen molar-refractivity contribution in [3.05, 3.63) is 41.2 Å². The highest BCUT2D eigenvalue weighted by Gasteiger charge is 2.11. The molecule has 1 aromatic heterocycles. The summed E-state index contributed by atoms with van der Waals surface area (Å²) >= 11 is 0. The van der Waals surface area contributed by atoms with Crippen LogP contribution in [0.15, 0.2) is 24.4 Å². The van der Waals surface area contributed by atoms with Gasteiger partial charge in [0.1, 0.15) is 5.75 Å². The van der Waals surface area contributed by atoms with Crippen LogP contribution in [0.5, 0.6) is 5.75 Å². The molecule has 2 rings (SSSR count). The number of nitrogens with zero attached hydrogens (tertiary/aromatic N) is 2. The fourth-order valence-electron chi connectivity index (χ4n) is 1.67. The van der Waals surface area contributed by atoms with Crippen LogP contribution in [0.2, 0.25) is 0 Å². The number of aromatic hydroxyl groups is 1. The van der Waals surface area contributed by atoms with Crippen LogP contribution < -0.4 is 5.32 Å². The van der Waals surface area contributed by atoms with Crippen LogP contribution in [0.25, 0.3) is 0 Å². The van der Waals surface area contributed by atoms with Gasteiger partial charge in [-0.3, -0.25) is 9.48 Å². The normalized spacial score (nSPS) is 10.4. The molecule has 94 valence electrons. The van der Waals surface area contributed by atoms with E-state index in [0.717, 1.165) is 11.3 Å². The molecule has 5 heteroatoms. The van der Waals surface area contributed by atoms with Crippen LogP contribution >= 0.6 is 0 Å². The van der Waals surface area contributed by atoms with Crippen LogP contribution in [0.4, 0.5) is 5.69 Å². The summed E-state index contributed by atoms with van der Waals surface area (Å²) in [6, 6.07) is 4.84. The molecule has 1 aromatic carbocycles. The summed E-state index contributed by atoms with van der Waals surface area (Å²) in [5, 5.41) is 16.5. The fraction of sp³-hybridized carbons (Fsp3) is 0.231. The Morgan fingerprint density at radius 2 is 2.11 bits per heavy atom. The van der Waals surface area contributed by atoms with Crippen molar-refractivity contribution in [2.75, 3.05) is 5.32 Å². The van der Waals surface area contributed by atoms with E-state index in [2.05, 4.69) is 10.4 Å². The Morgan fingerprint density at radius 1 is 1.39 bits per heavy atom. The second-order valence-corrected chi connectivity index (χ2v) is 4.26. The molecule has 18 heavy (non-hydrogen) atoms. The van der Waals surface area contributed by atoms with Crippen molar-refractivity contribution in [3.63, 3.8) is 0 Å². The predicted molar refractivity (Wildman–Crippen MR) is 68.7 cm³/mol. The molecule has 0 saturated heterocycles. The first-order valence-corrected chi connectivity index (χ1v) is 5.58. The SMILES string of the molecule is Cc1ccc(C(=O)Nc2cn(C)nc2C)cc1O. The molecule has 0 atom stereocenters. The summed E-state index contributed by atoms with van der Waals surface area (Å²) < 4.78 is 1.64. The number of carbonyl (C=O) groups excluding carboxylic acids is 1. The van der Waals surface area contributed by atoms with Gasteiger partial charge < -0.3 is 10.4 Å². The number of aromatic nitrogens is 2. The molecular weight excluding hydrogens is 230 g/mol. The molecule has 0 radical (unpaired) electrons. The topological polar surface area (TPSA) is 67.2 Å². The molecule has 0 aliphatic heterocycles. The molecule has 1 heterocycles. The van der Waals surface area contributed by atoms with E-state index in [-0.39, 0.29) is 11.7 Å². The maximum absolute atomic E-state index is 12.0. The van der Waals surface area contributed by atoms with Crippen molar-refractivity contribution in [3.8, 4) is 5.75 Å². The first-order chi connectivity index (χ1) is 8.47. The van der Waals surface area contributed by atoms with Gasteiger partial charge in [-0.05, 0) is 31.5 Å². The van der Waals surface area contributed by atoms with Gasteiger partial charge in [-0.1, -0.05) is 6.07 Å². The summed E-state index contributed by atoms with van der Waals surface area (Å²) in [5.41, 5.74) is 2.58. The third-order valence-electron chi connectivity index (χ3n) is 2.73. The molecule has 0 aliphatic carbocycles. The van der Waals surface area contributed by atoms with Gasteiger partial charge in [0, 0.05) is 18.8 Å². The lowest BCUT2D eigenvalue weighted by molar-refractivity contribution is 0.102. The molecule has 2 aromatic rings. The van der Waals surface area contributed by atoms with Crippen molar-refractivity contribution in [1.82, 2.24) is 9.78 Å². The number of rotatable bonds is 2. The average molecular weight is 245 g/mol. The molecule has 2 N–H and O–H groups in total. The van der Waals surface area contributed by atoms with E-state index in [9.17, 15) is 9.90 Å². The lowest BCUT2D eigenvalue weighted by Crippen LogP contribution is -2.12. The zero-order valence-corrected chi connectivity index (χ0v) is 10.6. The molecule has 0 spiro atoms. The van der Waals surface area contributed by atoms with Crippen LogP contribution in [0.3, 0.4) is 0 Å². The van der Waals surface area contributed by atoms with Crippen LogP contribution in [-0.2, 0) is 7.05 Å². The number of benzene rings is 1. The highest BCUT2D eigenvalue weighted by molar-refractivity contribution is 6.04. The van der Waals surface area contributed by atoms with E-state index >= 15 is 0 Å². The number of hydrogen-bond acceptors (Lipinski definition) is 3. The Morgan fingerprint density at radius 3 is 2.67 bits per heavy atom. The maximum atomic E-state index is 12.0. The van der Waals surface area contributed by atoms with Crippen molar-refractivity contribution in [2.45, 2.75) is 13.8 Å². The lowest BCUT2D eigenvalue weighted by Gasteiger charge is -2.05. The first-order valence-electron chi connectivity index (χ1n) is 5.58. The average Bonchev–Trinajstić information content (AvgIpc) is 2.61. The van der Waals surface area contributed by atoms with Gasteiger partial charge in [-0.25, -0.2) is 0 Å². The van der Waals surface area contributed by atoms with Gasteiger partial charge in [0.15, 0.2) is 0 Å². The minimum Gasteiger partial charge on any atom is -0.508 e. The molecule has 1 amide bonds. The number of nitrogens with one attached hydrogen (secondary N) is 1. The molecule has 0 bridgehead atoms. The van der Waals surface area contributed by atoms with Gasteiger partial charge in [-0.15, -0.1) is 0 Å². The summed E-state index contributed by atoms with van der Waals surface area (Å²) in [4.78, 5) is 12.0. The van der Waals surface area contributed by atoms with Crippen molar-refractivity contribution < 1.29 is 9.90 Å². The van der Waals surface area contributed by atoms with Crippen LogP contribution in [0, 0.1) is 13.8 Å². The van der Waals surface area contributed by atoms with Crippen molar-refractivity contribution in [2.24, 2.45) is 7.05 Å². The van der Waals surface area contributed by atoms with E-state index < -0.39 is 0 Å². The second-order valence-electron chi connectivity index (χ2n) is 4.26. The highest BCUT2D eigenvalue weighted by Crippen LogP contribution is 2.19. The molecule has 0 aliphatic rings. The number of aryl methyl sites for hydroxylation is 3. The second kappa shape index (κ2) is 4.52. The summed E-state index contributed by atoms with van der Waals surface area (Å²) in [6.45, 7) is 3.60. The standard InChI is InChI=1S/C13H15N3O2/c1-8-4-5-10(6-12(8)17)13(18)14-11-7-16(3)15-9(11)2/h4-7,17H,1-3H3,(H,14,18). The summed E-state index contributed by atoms with van der Waals surface area (Å²) in [5.74, 6) is -0.146. The van der Waals surface area contributed by atoms with E-state index in [1.54, 1.807) is 37.0 Å². The maximum Gasteiger partial charge on any atom is 0.255 e. The number of anilines is 1. The Kier molecular flexibility index (Phi) is 3.06. The molecule has 0 fully saturated rings. The largest absolute Gasteiger partial charge is 0.508 e. The van der Waals surface area contributed by atoms with Gasteiger partial charge >= 0.3 is 0 Å². The number of hydrogen-bond donors (Lipinski definition) is 2. The Balaban J connectivity index is 2.22. The van der Waals surface area contributed by atoms with E-state index in [1.165, 1.54) is 6.07 Å². The minimum atomic E-state index is -0.263. The zero-order chi connectivity index (χ0) is 13.3. The van der Waals surface area contributed by atoms with Crippen LogP contribution in [-0.4, -0.2) is 20.8 Å². The number of phenolic OH excluding ortho intramolecular Hbond substituents is 1. The summed E-state index contributed by atoms with van der Waals surface area (Å²) in [7, 11) is 1.79. The van der Waals surface area contributed by atoms with E-state index in [4.69, 9.17) is 0 Å². The first kappa shape index (κ1) is 12.2. The Bertz CT molecular complexity index is 602. The van der Waals surface area contributed by atoms with Gasteiger partial charge in [-0.2, -0.15) is 5.10 Å². The summed E-state index contributed by atoms with van der Waals surface area (Å²) in [6.07, 6.45) is 1.74. The van der Waals surface area contributed by atoms with Gasteiger partial charge in [0.2, 0.25) is 0 Å². The quantitative estimate of drug-likeness (QED) is 0.850. The smallest absolute Gasteiger partial charge is 0.255 e.